The van der Waals surface area contributed by atoms with Crippen molar-refractivity contribution < 1.29 is 14.7 Å². The largest absolute Gasteiger partial charge is 0.481 e. The van der Waals surface area contributed by atoms with E-state index in [4.69, 9.17) is 10.5 Å². The third-order valence-electron chi connectivity index (χ3n) is 4.33. The zero-order valence-electron chi connectivity index (χ0n) is 11.6. The van der Waals surface area contributed by atoms with E-state index in [2.05, 4.69) is 0 Å². The summed E-state index contributed by atoms with van der Waals surface area (Å²) in [6.07, 6.45) is 4.90. The summed E-state index contributed by atoms with van der Waals surface area (Å²) >= 11 is 0. The molecule has 2 rings (SSSR count). The fourth-order valence-electron chi connectivity index (χ4n) is 3.41. The fraction of sp³-hybridized carbons (Fsp3) is 0.600. The number of fused-ring (bicyclic) bond motifs is 2. The van der Waals surface area contributed by atoms with Gasteiger partial charge in [-0.05, 0) is 18.3 Å². The number of hydrogen-bond acceptors (Lipinski definition) is 4. The molecule has 0 aromatic heterocycles. The van der Waals surface area contributed by atoms with Crippen molar-refractivity contribution >= 4 is 11.9 Å². The molecule has 6 heteroatoms. The molecule has 2 bridgehead atoms. The third-order valence-corrected chi connectivity index (χ3v) is 4.33. The van der Waals surface area contributed by atoms with Crippen LogP contribution in [-0.4, -0.2) is 35.0 Å². The Morgan fingerprint density at radius 2 is 1.62 bits per heavy atom. The Kier molecular flexibility index (Phi) is 4.59. The van der Waals surface area contributed by atoms with E-state index in [-0.39, 0.29) is 43.7 Å². The number of carbonyl (C=O) groups is 2. The number of carboxylic acids is 1. The molecule has 0 aromatic carbocycles. The molecule has 0 heterocycles. The number of aliphatic carboxylic acids is 1. The highest BCUT2D eigenvalue weighted by Gasteiger charge is 2.52. The molecule has 0 radical (unpaired) electrons. The number of amides is 1. The number of carboxylic acid groups (broad SMARTS) is 1. The second-order valence-electron chi connectivity index (χ2n) is 5.48. The SMILES string of the molecule is N#CCCN(CCC#N)C(=O)C1C2C=CC(C2)C1C(=O)O. The highest BCUT2D eigenvalue weighted by molar-refractivity contribution is 5.87. The summed E-state index contributed by atoms with van der Waals surface area (Å²) in [5.74, 6) is -2.52. The number of hydrogen-bond donors (Lipinski definition) is 1. The molecule has 2 aliphatic rings. The van der Waals surface area contributed by atoms with Crippen LogP contribution in [-0.2, 0) is 9.59 Å². The molecule has 1 fully saturated rings. The Bertz CT molecular complexity index is 525. The molecule has 0 aliphatic heterocycles. The van der Waals surface area contributed by atoms with E-state index in [1.54, 1.807) is 0 Å². The van der Waals surface area contributed by atoms with Crippen molar-refractivity contribution in [2.45, 2.75) is 19.3 Å². The van der Waals surface area contributed by atoms with E-state index < -0.39 is 17.8 Å². The molecule has 2 aliphatic carbocycles. The lowest BCUT2D eigenvalue weighted by atomic mass is 9.82. The highest BCUT2D eigenvalue weighted by Crippen LogP contribution is 2.48. The Morgan fingerprint density at radius 1 is 1.10 bits per heavy atom. The molecule has 110 valence electrons. The van der Waals surface area contributed by atoms with Crippen molar-refractivity contribution in [1.82, 2.24) is 4.90 Å². The first-order chi connectivity index (χ1) is 10.1. The third kappa shape index (κ3) is 2.90. The Balaban J connectivity index is 2.15. The normalized spacial score (nSPS) is 28.9. The Hall–Kier alpha value is -2.34. The van der Waals surface area contributed by atoms with E-state index in [1.807, 2.05) is 24.3 Å². The van der Waals surface area contributed by atoms with Crippen molar-refractivity contribution in [3.05, 3.63) is 12.2 Å². The van der Waals surface area contributed by atoms with Crippen LogP contribution in [0.2, 0.25) is 0 Å². The van der Waals surface area contributed by atoms with Crippen LogP contribution in [0.4, 0.5) is 0 Å². The number of allylic oxidation sites excluding steroid dienone is 2. The molecule has 6 nitrogen and oxygen atoms in total. The van der Waals surface area contributed by atoms with Gasteiger partial charge in [-0.2, -0.15) is 10.5 Å². The average Bonchev–Trinajstić information content (AvgIpc) is 3.07. The van der Waals surface area contributed by atoms with E-state index in [1.165, 1.54) is 4.90 Å². The first kappa shape index (κ1) is 15.1. The second kappa shape index (κ2) is 6.41. The first-order valence-electron chi connectivity index (χ1n) is 7.04. The van der Waals surface area contributed by atoms with Gasteiger partial charge >= 0.3 is 5.97 Å². The molecule has 0 aromatic rings. The van der Waals surface area contributed by atoms with Crippen molar-refractivity contribution in [2.24, 2.45) is 23.7 Å². The molecule has 1 saturated carbocycles. The standard InChI is InChI=1S/C15H17N3O3/c16-5-1-7-18(8-2-6-17)14(19)12-10-3-4-11(9-10)13(12)15(20)21/h3-4,10-13H,1-2,7-9H2,(H,20,21). The summed E-state index contributed by atoms with van der Waals surface area (Å²) in [6.45, 7) is 0.502. The molecule has 21 heavy (non-hydrogen) atoms. The summed E-state index contributed by atoms with van der Waals surface area (Å²) in [5, 5.41) is 26.7. The van der Waals surface area contributed by atoms with Gasteiger partial charge in [0.25, 0.3) is 0 Å². The molecule has 0 saturated heterocycles. The lowest BCUT2D eigenvalue weighted by Crippen LogP contribution is -2.43. The average molecular weight is 287 g/mol. The molecular formula is C15H17N3O3. The Morgan fingerprint density at radius 3 is 2.10 bits per heavy atom. The van der Waals surface area contributed by atoms with Crippen molar-refractivity contribution in [2.75, 3.05) is 13.1 Å². The Labute approximate surface area is 123 Å². The van der Waals surface area contributed by atoms with Gasteiger partial charge in [-0.25, -0.2) is 0 Å². The lowest BCUT2D eigenvalue weighted by molar-refractivity contribution is -0.151. The smallest absolute Gasteiger partial charge is 0.307 e. The predicted octanol–water partition coefficient (Wildman–Crippen LogP) is 1.17. The number of nitriles is 2. The fourth-order valence-corrected chi connectivity index (χ4v) is 3.41. The van der Waals surface area contributed by atoms with Crippen LogP contribution >= 0.6 is 0 Å². The van der Waals surface area contributed by atoms with Gasteiger partial charge in [-0.15, -0.1) is 0 Å². The predicted molar refractivity (Wildman–Crippen MR) is 72.4 cm³/mol. The van der Waals surface area contributed by atoms with Crippen molar-refractivity contribution in [3.63, 3.8) is 0 Å². The molecule has 4 unspecified atom stereocenters. The van der Waals surface area contributed by atoms with Gasteiger partial charge in [-0.1, -0.05) is 12.2 Å². The zero-order valence-corrected chi connectivity index (χ0v) is 11.6. The minimum atomic E-state index is -0.939. The van der Waals surface area contributed by atoms with Crippen LogP contribution in [0.25, 0.3) is 0 Å². The number of nitrogens with zero attached hydrogens (tertiary/aromatic N) is 3. The van der Waals surface area contributed by atoms with Crippen LogP contribution in [0.1, 0.15) is 19.3 Å². The van der Waals surface area contributed by atoms with Crippen LogP contribution < -0.4 is 0 Å². The van der Waals surface area contributed by atoms with E-state index >= 15 is 0 Å². The summed E-state index contributed by atoms with van der Waals surface area (Å²) in [5.41, 5.74) is 0. The maximum atomic E-state index is 12.7. The maximum absolute atomic E-state index is 12.7. The van der Waals surface area contributed by atoms with Crippen molar-refractivity contribution in [3.8, 4) is 12.1 Å². The van der Waals surface area contributed by atoms with Crippen molar-refractivity contribution in [1.29, 1.82) is 10.5 Å². The summed E-state index contributed by atoms with van der Waals surface area (Å²) in [7, 11) is 0. The number of rotatable bonds is 6. The van der Waals surface area contributed by atoms with Crippen LogP contribution in [0, 0.1) is 46.3 Å². The van der Waals surface area contributed by atoms with Crippen LogP contribution in [0.3, 0.4) is 0 Å². The minimum absolute atomic E-state index is 0.0322. The zero-order chi connectivity index (χ0) is 15.4. The first-order valence-corrected chi connectivity index (χ1v) is 7.04. The molecule has 4 atom stereocenters. The van der Waals surface area contributed by atoms with E-state index in [0.29, 0.717) is 6.42 Å². The number of carbonyl (C=O) groups excluding carboxylic acids is 1. The van der Waals surface area contributed by atoms with Crippen LogP contribution in [0.5, 0.6) is 0 Å². The van der Waals surface area contributed by atoms with Gasteiger partial charge < -0.3 is 10.0 Å². The van der Waals surface area contributed by atoms with Gasteiger partial charge in [0.2, 0.25) is 5.91 Å². The molecule has 1 N–H and O–H groups in total. The monoisotopic (exact) mass is 287 g/mol. The minimum Gasteiger partial charge on any atom is -0.481 e. The topological polar surface area (TPSA) is 105 Å². The summed E-state index contributed by atoms with van der Waals surface area (Å²) in [6, 6.07) is 3.96. The van der Waals surface area contributed by atoms with Crippen LogP contribution in [0.15, 0.2) is 12.2 Å². The quantitative estimate of drug-likeness (QED) is 0.738. The van der Waals surface area contributed by atoms with E-state index in [9.17, 15) is 14.7 Å². The molecule has 1 amide bonds. The maximum Gasteiger partial charge on any atom is 0.307 e. The summed E-state index contributed by atoms with van der Waals surface area (Å²) in [4.78, 5) is 25.6. The van der Waals surface area contributed by atoms with Gasteiger partial charge in [0.1, 0.15) is 0 Å². The summed E-state index contributed by atoms with van der Waals surface area (Å²) < 4.78 is 0. The van der Waals surface area contributed by atoms with Gasteiger partial charge in [0.05, 0.1) is 36.8 Å². The highest BCUT2D eigenvalue weighted by atomic mass is 16.4. The second-order valence-corrected chi connectivity index (χ2v) is 5.48. The van der Waals surface area contributed by atoms with Gasteiger partial charge in [-0.3, -0.25) is 9.59 Å². The lowest BCUT2D eigenvalue weighted by Gasteiger charge is -2.30. The molecule has 0 spiro atoms. The van der Waals surface area contributed by atoms with E-state index in [0.717, 1.165) is 0 Å². The van der Waals surface area contributed by atoms with Gasteiger partial charge in [0, 0.05) is 13.1 Å². The van der Waals surface area contributed by atoms with Gasteiger partial charge in [0.15, 0.2) is 0 Å². The molecular weight excluding hydrogens is 270 g/mol.